The molecular formula is C23H24N2O3. The van der Waals surface area contributed by atoms with Crippen LogP contribution in [0.15, 0.2) is 51.9 Å². The fraction of sp³-hybridized carbons (Fsp3) is 0.304. The molecule has 5 heteroatoms. The fourth-order valence-electron chi connectivity index (χ4n) is 3.61. The summed E-state index contributed by atoms with van der Waals surface area (Å²) in [5.74, 6) is 0.184. The first-order valence-electron chi connectivity index (χ1n) is 9.81. The van der Waals surface area contributed by atoms with Crippen molar-refractivity contribution in [3.63, 3.8) is 0 Å². The van der Waals surface area contributed by atoms with Gasteiger partial charge in [-0.25, -0.2) is 9.78 Å². The highest BCUT2D eigenvalue weighted by Crippen LogP contribution is 2.28. The molecule has 0 radical (unpaired) electrons. The van der Waals surface area contributed by atoms with Crippen LogP contribution >= 0.6 is 0 Å². The van der Waals surface area contributed by atoms with E-state index in [1.165, 1.54) is 12.8 Å². The second-order valence-corrected chi connectivity index (χ2v) is 7.33. The average Bonchev–Trinajstić information content (AvgIpc) is 3.11. The van der Waals surface area contributed by atoms with E-state index < -0.39 is 5.63 Å². The summed E-state index contributed by atoms with van der Waals surface area (Å²) in [5.41, 5.74) is 3.69. The normalized spacial score (nSPS) is 11.5. The number of hydrogen-bond donors (Lipinski definition) is 1. The molecule has 0 aliphatic heterocycles. The van der Waals surface area contributed by atoms with Gasteiger partial charge in [-0.2, -0.15) is 0 Å². The van der Waals surface area contributed by atoms with Crippen molar-refractivity contribution in [3.8, 4) is 17.0 Å². The maximum Gasteiger partial charge on any atom is 0.345 e. The van der Waals surface area contributed by atoms with Gasteiger partial charge in [-0.15, -0.1) is 0 Å². The highest BCUT2D eigenvalue weighted by Gasteiger charge is 2.14. The van der Waals surface area contributed by atoms with Crippen LogP contribution < -0.4 is 5.63 Å². The Balaban J connectivity index is 1.76. The molecular weight excluding hydrogens is 352 g/mol. The minimum Gasteiger partial charge on any atom is -0.508 e. The predicted octanol–water partition coefficient (Wildman–Crippen LogP) is 5.24. The zero-order valence-corrected chi connectivity index (χ0v) is 16.2. The molecule has 0 saturated carbocycles. The third-order valence-corrected chi connectivity index (χ3v) is 5.19. The topological polar surface area (TPSA) is 67.7 Å². The third-order valence-electron chi connectivity index (χ3n) is 5.19. The first kappa shape index (κ1) is 18.3. The van der Waals surface area contributed by atoms with Crippen molar-refractivity contribution in [2.45, 2.75) is 46.0 Å². The van der Waals surface area contributed by atoms with Gasteiger partial charge in [0.2, 0.25) is 0 Å². The van der Waals surface area contributed by atoms with Gasteiger partial charge in [0.25, 0.3) is 0 Å². The third kappa shape index (κ3) is 3.40. The zero-order chi connectivity index (χ0) is 19.7. The smallest absolute Gasteiger partial charge is 0.345 e. The molecule has 0 fully saturated rings. The van der Waals surface area contributed by atoms with E-state index in [4.69, 9.17) is 4.42 Å². The van der Waals surface area contributed by atoms with Crippen LogP contribution in [0.5, 0.6) is 5.75 Å². The summed E-state index contributed by atoms with van der Waals surface area (Å²) in [4.78, 5) is 17.2. The van der Waals surface area contributed by atoms with Crippen LogP contribution in [0.3, 0.4) is 0 Å². The van der Waals surface area contributed by atoms with Gasteiger partial charge in [0.15, 0.2) is 0 Å². The van der Waals surface area contributed by atoms with Crippen LogP contribution in [-0.2, 0) is 6.42 Å². The van der Waals surface area contributed by atoms with E-state index in [0.29, 0.717) is 16.8 Å². The van der Waals surface area contributed by atoms with Crippen molar-refractivity contribution >= 4 is 16.6 Å². The van der Waals surface area contributed by atoms with Gasteiger partial charge in [0.05, 0.1) is 11.3 Å². The summed E-state index contributed by atoms with van der Waals surface area (Å²) < 4.78 is 7.39. The number of imidazole rings is 1. The Morgan fingerprint density at radius 3 is 2.82 bits per heavy atom. The van der Waals surface area contributed by atoms with Gasteiger partial charge in [0.1, 0.15) is 17.0 Å². The van der Waals surface area contributed by atoms with Gasteiger partial charge >= 0.3 is 5.63 Å². The molecule has 3 heterocycles. The highest BCUT2D eigenvalue weighted by molar-refractivity contribution is 5.83. The van der Waals surface area contributed by atoms with E-state index in [-0.39, 0.29) is 5.75 Å². The zero-order valence-electron chi connectivity index (χ0n) is 16.2. The molecule has 0 saturated heterocycles. The lowest BCUT2D eigenvalue weighted by molar-refractivity contribution is 0.464. The van der Waals surface area contributed by atoms with Crippen molar-refractivity contribution in [3.05, 3.63) is 64.3 Å². The standard InChI is InChI=1S/C23H24N2O3/c1-3-4-5-6-9-16-11-17-12-18(23(27)28-21(17)13-20(16)26)19-14-25-10-7-8-15(2)22(25)24-19/h7-8,10-14,26H,3-6,9H2,1-2H3. The molecule has 0 bridgehead atoms. The number of hydrogen-bond acceptors (Lipinski definition) is 4. The number of nitrogens with zero attached hydrogens (tertiary/aromatic N) is 2. The second-order valence-electron chi connectivity index (χ2n) is 7.33. The maximum atomic E-state index is 12.5. The number of aromatic hydroxyl groups is 1. The highest BCUT2D eigenvalue weighted by atomic mass is 16.4. The number of aryl methyl sites for hydroxylation is 2. The number of unbranched alkanes of at least 4 members (excludes halogenated alkanes) is 3. The molecule has 144 valence electrons. The fourth-order valence-corrected chi connectivity index (χ4v) is 3.61. The van der Waals surface area contributed by atoms with E-state index in [0.717, 1.165) is 41.4 Å². The maximum absolute atomic E-state index is 12.5. The largest absolute Gasteiger partial charge is 0.508 e. The molecule has 3 aromatic heterocycles. The minimum absolute atomic E-state index is 0.184. The van der Waals surface area contributed by atoms with Crippen molar-refractivity contribution in [1.29, 1.82) is 0 Å². The molecule has 28 heavy (non-hydrogen) atoms. The van der Waals surface area contributed by atoms with Gasteiger partial charge in [-0.05, 0) is 49.1 Å². The van der Waals surface area contributed by atoms with Crippen LogP contribution in [0.25, 0.3) is 27.9 Å². The summed E-state index contributed by atoms with van der Waals surface area (Å²) in [6.45, 7) is 4.17. The first-order chi connectivity index (χ1) is 13.6. The number of phenolic OH excluding ortho intramolecular Hbond substituents is 1. The lowest BCUT2D eigenvalue weighted by Crippen LogP contribution is -2.03. The molecule has 0 unspecified atom stereocenters. The van der Waals surface area contributed by atoms with Crippen LogP contribution in [0, 0.1) is 6.92 Å². The number of pyridine rings is 1. The Morgan fingerprint density at radius 1 is 1.18 bits per heavy atom. The van der Waals surface area contributed by atoms with Gasteiger partial charge in [-0.3, -0.25) is 0 Å². The molecule has 0 aliphatic carbocycles. The van der Waals surface area contributed by atoms with E-state index in [9.17, 15) is 9.90 Å². The lowest BCUT2D eigenvalue weighted by atomic mass is 10.0. The minimum atomic E-state index is -0.455. The van der Waals surface area contributed by atoms with Crippen molar-refractivity contribution < 1.29 is 9.52 Å². The number of aromatic nitrogens is 2. The molecule has 1 N–H and O–H groups in total. The van der Waals surface area contributed by atoms with E-state index >= 15 is 0 Å². The molecule has 4 aromatic rings. The number of benzene rings is 1. The Kier molecular flexibility index (Phi) is 4.90. The van der Waals surface area contributed by atoms with Gasteiger partial charge in [-0.1, -0.05) is 32.3 Å². The van der Waals surface area contributed by atoms with Crippen LogP contribution in [0.4, 0.5) is 0 Å². The van der Waals surface area contributed by atoms with E-state index in [2.05, 4.69) is 11.9 Å². The van der Waals surface area contributed by atoms with Gasteiger partial charge < -0.3 is 13.9 Å². The molecule has 0 amide bonds. The lowest BCUT2D eigenvalue weighted by Gasteiger charge is -2.07. The summed E-state index contributed by atoms with van der Waals surface area (Å²) in [6.07, 6.45) is 9.10. The Morgan fingerprint density at radius 2 is 2.04 bits per heavy atom. The Hall–Kier alpha value is -3.08. The van der Waals surface area contributed by atoms with E-state index in [1.54, 1.807) is 6.07 Å². The molecule has 0 spiro atoms. The summed E-state index contributed by atoms with van der Waals surface area (Å²) in [6, 6.07) is 9.22. The summed E-state index contributed by atoms with van der Waals surface area (Å²) in [5, 5.41) is 11.1. The SMILES string of the molecule is CCCCCCc1cc2cc(-c3cn4cccc(C)c4n3)c(=O)oc2cc1O. The van der Waals surface area contributed by atoms with Crippen molar-refractivity contribution in [2.75, 3.05) is 0 Å². The molecule has 0 aliphatic rings. The molecule has 1 aromatic carbocycles. The quantitative estimate of drug-likeness (QED) is 0.369. The Bertz CT molecular complexity index is 1200. The predicted molar refractivity (Wildman–Crippen MR) is 111 cm³/mol. The first-order valence-corrected chi connectivity index (χ1v) is 9.81. The molecule has 0 atom stereocenters. The van der Waals surface area contributed by atoms with Crippen LogP contribution in [-0.4, -0.2) is 14.5 Å². The summed E-state index contributed by atoms with van der Waals surface area (Å²) in [7, 11) is 0. The number of fused-ring (bicyclic) bond motifs is 2. The second kappa shape index (κ2) is 7.50. The van der Waals surface area contributed by atoms with Crippen molar-refractivity contribution in [2.24, 2.45) is 0 Å². The Labute approximate surface area is 163 Å². The number of rotatable bonds is 6. The average molecular weight is 376 g/mol. The monoisotopic (exact) mass is 376 g/mol. The van der Waals surface area contributed by atoms with Crippen LogP contribution in [0.2, 0.25) is 0 Å². The number of phenols is 1. The molecule has 4 rings (SSSR count). The molecule has 5 nitrogen and oxygen atoms in total. The van der Waals surface area contributed by atoms with E-state index in [1.807, 2.05) is 48.0 Å². The summed E-state index contributed by atoms with van der Waals surface area (Å²) >= 11 is 0. The van der Waals surface area contributed by atoms with Gasteiger partial charge in [0, 0.05) is 23.8 Å². The van der Waals surface area contributed by atoms with Crippen molar-refractivity contribution in [1.82, 2.24) is 9.38 Å². The van der Waals surface area contributed by atoms with Crippen LogP contribution in [0.1, 0.15) is 43.7 Å².